The minimum absolute atomic E-state index is 0.0896. The summed E-state index contributed by atoms with van der Waals surface area (Å²) in [7, 11) is 5.80. The molecule has 19 heavy (non-hydrogen) atoms. The summed E-state index contributed by atoms with van der Waals surface area (Å²) in [4.78, 5) is 20.2. The van der Waals surface area contributed by atoms with Gasteiger partial charge in [-0.2, -0.15) is 0 Å². The smallest absolute Gasteiger partial charge is 0.272 e. The standard InChI is InChI=1S/C13H20N4OS/c1-16(2)7-4-8-17(3)13(18)11-6-5-10(9-15-11)12(14)19/h5-6,9H,4,7-8H2,1-3H3,(H2,14,19). The van der Waals surface area contributed by atoms with E-state index in [0.29, 0.717) is 17.8 Å². The third kappa shape index (κ3) is 4.92. The molecule has 0 aliphatic carbocycles. The van der Waals surface area contributed by atoms with Gasteiger partial charge >= 0.3 is 0 Å². The van der Waals surface area contributed by atoms with Crippen LogP contribution in [0.2, 0.25) is 0 Å². The summed E-state index contributed by atoms with van der Waals surface area (Å²) in [6.45, 7) is 1.65. The largest absolute Gasteiger partial charge is 0.389 e. The van der Waals surface area contributed by atoms with Crippen LogP contribution in [0.1, 0.15) is 22.5 Å². The lowest BCUT2D eigenvalue weighted by Crippen LogP contribution is -2.30. The monoisotopic (exact) mass is 280 g/mol. The number of nitrogens with two attached hydrogens (primary N) is 1. The average Bonchev–Trinajstić information content (AvgIpc) is 2.37. The fraction of sp³-hybridized carbons (Fsp3) is 0.462. The van der Waals surface area contributed by atoms with Crippen molar-refractivity contribution in [3.63, 3.8) is 0 Å². The van der Waals surface area contributed by atoms with Gasteiger partial charge in [0, 0.05) is 25.4 Å². The molecule has 0 spiro atoms. The maximum Gasteiger partial charge on any atom is 0.272 e. The van der Waals surface area contributed by atoms with Crippen molar-refractivity contribution >= 4 is 23.1 Å². The minimum Gasteiger partial charge on any atom is -0.389 e. The van der Waals surface area contributed by atoms with Crippen molar-refractivity contribution < 1.29 is 4.79 Å². The SMILES string of the molecule is CN(C)CCCN(C)C(=O)c1ccc(C(N)=S)cn1. The molecule has 0 fully saturated rings. The van der Waals surface area contributed by atoms with Gasteiger partial charge < -0.3 is 15.5 Å². The van der Waals surface area contributed by atoms with Gasteiger partial charge in [0.1, 0.15) is 10.7 Å². The average molecular weight is 280 g/mol. The highest BCUT2D eigenvalue weighted by Crippen LogP contribution is 2.04. The molecular weight excluding hydrogens is 260 g/mol. The molecule has 1 rings (SSSR count). The fourth-order valence-corrected chi connectivity index (χ4v) is 1.71. The van der Waals surface area contributed by atoms with Crippen molar-refractivity contribution in [3.05, 3.63) is 29.6 Å². The van der Waals surface area contributed by atoms with Crippen LogP contribution in [0, 0.1) is 0 Å². The van der Waals surface area contributed by atoms with Gasteiger partial charge in [0.05, 0.1) is 0 Å². The highest BCUT2D eigenvalue weighted by atomic mass is 32.1. The van der Waals surface area contributed by atoms with Crippen LogP contribution in [0.5, 0.6) is 0 Å². The van der Waals surface area contributed by atoms with Gasteiger partial charge in [0.2, 0.25) is 0 Å². The molecule has 1 aromatic heterocycles. The van der Waals surface area contributed by atoms with E-state index in [1.165, 1.54) is 6.20 Å². The molecule has 0 aromatic carbocycles. The topological polar surface area (TPSA) is 62.5 Å². The van der Waals surface area contributed by atoms with E-state index in [1.807, 2.05) is 14.1 Å². The summed E-state index contributed by atoms with van der Waals surface area (Å²) in [5.74, 6) is -0.0896. The summed E-state index contributed by atoms with van der Waals surface area (Å²) in [6.07, 6.45) is 2.46. The summed E-state index contributed by atoms with van der Waals surface area (Å²) in [6, 6.07) is 3.37. The molecule has 1 heterocycles. The molecule has 5 nitrogen and oxygen atoms in total. The summed E-state index contributed by atoms with van der Waals surface area (Å²) in [5, 5.41) is 0. The minimum atomic E-state index is -0.0896. The van der Waals surface area contributed by atoms with E-state index in [9.17, 15) is 4.79 Å². The van der Waals surface area contributed by atoms with E-state index < -0.39 is 0 Å². The Hall–Kier alpha value is -1.53. The van der Waals surface area contributed by atoms with Gasteiger partial charge in [-0.05, 0) is 39.2 Å². The van der Waals surface area contributed by atoms with E-state index in [4.69, 9.17) is 18.0 Å². The van der Waals surface area contributed by atoms with Crippen LogP contribution in [0.4, 0.5) is 0 Å². The summed E-state index contributed by atoms with van der Waals surface area (Å²) in [5.41, 5.74) is 6.56. The first-order valence-electron chi connectivity index (χ1n) is 6.08. The van der Waals surface area contributed by atoms with Gasteiger partial charge in [-0.15, -0.1) is 0 Å². The predicted octanol–water partition coefficient (Wildman–Crippen LogP) is 0.739. The van der Waals surface area contributed by atoms with Gasteiger partial charge in [0.25, 0.3) is 5.91 Å². The molecule has 0 radical (unpaired) electrons. The molecule has 6 heteroatoms. The Morgan fingerprint density at radius 1 is 1.32 bits per heavy atom. The van der Waals surface area contributed by atoms with Crippen LogP contribution in [-0.4, -0.2) is 59.9 Å². The molecule has 0 saturated heterocycles. The lowest BCUT2D eigenvalue weighted by molar-refractivity contribution is 0.0785. The Morgan fingerprint density at radius 3 is 2.47 bits per heavy atom. The van der Waals surface area contributed by atoms with Crippen molar-refractivity contribution in [2.24, 2.45) is 5.73 Å². The molecule has 104 valence electrons. The number of amides is 1. The zero-order valence-electron chi connectivity index (χ0n) is 11.6. The van der Waals surface area contributed by atoms with Gasteiger partial charge in [-0.1, -0.05) is 12.2 Å². The summed E-state index contributed by atoms with van der Waals surface area (Å²) >= 11 is 4.84. The molecule has 0 bridgehead atoms. The summed E-state index contributed by atoms with van der Waals surface area (Å²) < 4.78 is 0. The van der Waals surface area contributed by atoms with Crippen LogP contribution >= 0.6 is 12.2 Å². The molecule has 0 saturated carbocycles. The second-order valence-electron chi connectivity index (χ2n) is 4.68. The van der Waals surface area contributed by atoms with Crippen molar-refractivity contribution in [2.45, 2.75) is 6.42 Å². The first kappa shape index (κ1) is 15.5. The molecule has 0 atom stereocenters. The van der Waals surface area contributed by atoms with E-state index in [1.54, 1.807) is 24.1 Å². The van der Waals surface area contributed by atoms with E-state index >= 15 is 0 Å². The van der Waals surface area contributed by atoms with Crippen molar-refractivity contribution in [1.29, 1.82) is 0 Å². The number of thiocarbonyl (C=S) groups is 1. The number of carbonyl (C=O) groups excluding carboxylic acids is 1. The molecule has 0 aliphatic rings. The molecular formula is C13H20N4OS. The third-order valence-electron chi connectivity index (χ3n) is 2.71. The first-order valence-corrected chi connectivity index (χ1v) is 6.48. The number of hydrogen-bond acceptors (Lipinski definition) is 4. The van der Waals surface area contributed by atoms with Crippen molar-refractivity contribution in [3.8, 4) is 0 Å². The number of aromatic nitrogens is 1. The zero-order chi connectivity index (χ0) is 14.4. The Labute approximate surface area is 119 Å². The van der Waals surface area contributed by atoms with Crippen LogP contribution in [0.25, 0.3) is 0 Å². The molecule has 2 N–H and O–H groups in total. The lowest BCUT2D eigenvalue weighted by Gasteiger charge is -2.18. The normalized spacial score (nSPS) is 10.5. The van der Waals surface area contributed by atoms with Gasteiger partial charge in [0.15, 0.2) is 0 Å². The number of carbonyl (C=O) groups is 1. The van der Waals surface area contributed by atoms with Crippen LogP contribution in [0.15, 0.2) is 18.3 Å². The number of hydrogen-bond donors (Lipinski definition) is 1. The Bertz CT molecular complexity index is 444. The maximum atomic E-state index is 12.1. The van der Waals surface area contributed by atoms with E-state index in [-0.39, 0.29) is 10.9 Å². The predicted molar refractivity (Wildman–Crippen MR) is 80.3 cm³/mol. The highest BCUT2D eigenvalue weighted by Gasteiger charge is 2.12. The quantitative estimate of drug-likeness (QED) is 0.779. The second kappa shape index (κ2) is 7.16. The second-order valence-corrected chi connectivity index (χ2v) is 5.12. The van der Waals surface area contributed by atoms with Gasteiger partial charge in [-0.25, -0.2) is 0 Å². The third-order valence-corrected chi connectivity index (χ3v) is 2.95. The van der Waals surface area contributed by atoms with Crippen molar-refractivity contribution in [2.75, 3.05) is 34.2 Å². The van der Waals surface area contributed by atoms with Crippen LogP contribution in [-0.2, 0) is 0 Å². The molecule has 1 amide bonds. The fourth-order valence-electron chi connectivity index (χ4n) is 1.59. The van der Waals surface area contributed by atoms with Crippen molar-refractivity contribution in [1.82, 2.24) is 14.8 Å². The van der Waals surface area contributed by atoms with Crippen LogP contribution in [0.3, 0.4) is 0 Å². The number of rotatable bonds is 6. The first-order chi connectivity index (χ1) is 8.91. The van der Waals surface area contributed by atoms with E-state index in [2.05, 4.69) is 9.88 Å². The Morgan fingerprint density at radius 2 is 2.00 bits per heavy atom. The Balaban J connectivity index is 2.59. The maximum absolute atomic E-state index is 12.1. The highest BCUT2D eigenvalue weighted by molar-refractivity contribution is 7.80. The zero-order valence-corrected chi connectivity index (χ0v) is 12.4. The Kier molecular flexibility index (Phi) is 5.85. The molecule has 1 aromatic rings. The number of pyridine rings is 1. The molecule has 0 aliphatic heterocycles. The molecule has 0 unspecified atom stereocenters. The lowest BCUT2D eigenvalue weighted by atomic mass is 10.2. The van der Waals surface area contributed by atoms with Gasteiger partial charge in [-0.3, -0.25) is 9.78 Å². The number of nitrogens with zero attached hydrogens (tertiary/aromatic N) is 3. The van der Waals surface area contributed by atoms with E-state index in [0.717, 1.165) is 13.0 Å². The van der Waals surface area contributed by atoms with Crippen LogP contribution < -0.4 is 5.73 Å².